The number of likely N-dealkylation sites (tertiary alicyclic amines) is 1. The van der Waals surface area contributed by atoms with Gasteiger partial charge in [0.25, 0.3) is 5.91 Å². The number of piperazine rings is 1. The van der Waals surface area contributed by atoms with Crippen LogP contribution in [0.25, 0.3) is 0 Å². The molecule has 2 fully saturated rings. The van der Waals surface area contributed by atoms with Gasteiger partial charge in [0.15, 0.2) is 0 Å². The number of aromatic hydroxyl groups is 1. The first kappa shape index (κ1) is 29.6. The van der Waals surface area contributed by atoms with Crippen LogP contribution in [0.2, 0.25) is 0 Å². The lowest BCUT2D eigenvalue weighted by Crippen LogP contribution is -2.48. The molecule has 0 atom stereocenters. The Labute approximate surface area is 260 Å². The first-order chi connectivity index (χ1) is 21.5. The second kappa shape index (κ2) is 13.0. The van der Waals surface area contributed by atoms with Gasteiger partial charge in [0.1, 0.15) is 17.2 Å². The molecule has 0 spiro atoms. The molecule has 2 aliphatic rings. The van der Waals surface area contributed by atoms with Crippen molar-refractivity contribution in [2.24, 2.45) is 0 Å². The van der Waals surface area contributed by atoms with E-state index in [1.807, 2.05) is 29.2 Å². The van der Waals surface area contributed by atoms with Crippen LogP contribution in [0.5, 0.6) is 17.2 Å². The number of phenolic OH excluding ortho intramolecular Hbond substituents is 1. The third-order valence-electron chi connectivity index (χ3n) is 9.25. The van der Waals surface area contributed by atoms with Gasteiger partial charge in [0.2, 0.25) is 0 Å². The van der Waals surface area contributed by atoms with E-state index in [9.17, 15) is 9.90 Å². The van der Waals surface area contributed by atoms with Gasteiger partial charge < -0.3 is 24.4 Å². The zero-order valence-corrected chi connectivity index (χ0v) is 25.6. The molecule has 0 aliphatic carbocycles. The zero-order valence-electron chi connectivity index (χ0n) is 25.6. The van der Waals surface area contributed by atoms with Crippen LogP contribution in [-0.2, 0) is 12.0 Å². The van der Waals surface area contributed by atoms with E-state index < -0.39 is 0 Å². The van der Waals surface area contributed by atoms with Crippen molar-refractivity contribution in [3.05, 3.63) is 119 Å². The molecule has 7 nitrogen and oxygen atoms in total. The summed E-state index contributed by atoms with van der Waals surface area (Å²) in [7, 11) is 3.41. The SMILES string of the molecule is COc1ccc(C2(c3ccc(OC)cc3)CCCN(Cc3ccc(C(=O)N4CCN(c5ccc(O)cc5)CC4)cc3)C2)cc1. The van der Waals surface area contributed by atoms with Gasteiger partial charge in [-0.1, -0.05) is 36.4 Å². The lowest BCUT2D eigenvalue weighted by atomic mass is 9.69. The van der Waals surface area contributed by atoms with Crippen molar-refractivity contribution in [3.8, 4) is 17.2 Å². The zero-order chi connectivity index (χ0) is 30.5. The van der Waals surface area contributed by atoms with Gasteiger partial charge >= 0.3 is 0 Å². The average molecular weight is 592 g/mol. The summed E-state index contributed by atoms with van der Waals surface area (Å²) in [5.74, 6) is 2.07. The maximum Gasteiger partial charge on any atom is 0.253 e. The van der Waals surface area contributed by atoms with Crippen LogP contribution >= 0.6 is 0 Å². The van der Waals surface area contributed by atoms with Gasteiger partial charge in [-0.15, -0.1) is 0 Å². The van der Waals surface area contributed by atoms with Crippen LogP contribution in [0.4, 0.5) is 5.69 Å². The molecule has 6 rings (SSSR count). The van der Waals surface area contributed by atoms with Gasteiger partial charge in [0, 0.05) is 55.9 Å². The predicted molar refractivity (Wildman–Crippen MR) is 174 cm³/mol. The van der Waals surface area contributed by atoms with Gasteiger partial charge in [0.05, 0.1) is 14.2 Å². The summed E-state index contributed by atoms with van der Waals surface area (Å²) >= 11 is 0. The fourth-order valence-corrected chi connectivity index (χ4v) is 6.76. The highest BCUT2D eigenvalue weighted by Gasteiger charge is 2.39. The Morgan fingerprint density at radius 3 is 1.84 bits per heavy atom. The topological polar surface area (TPSA) is 65.5 Å². The van der Waals surface area contributed by atoms with E-state index in [2.05, 4.69) is 70.5 Å². The van der Waals surface area contributed by atoms with Crippen molar-refractivity contribution in [1.29, 1.82) is 0 Å². The first-order valence-corrected chi connectivity index (χ1v) is 15.4. The van der Waals surface area contributed by atoms with E-state index in [0.29, 0.717) is 13.1 Å². The minimum atomic E-state index is -0.144. The lowest BCUT2D eigenvalue weighted by molar-refractivity contribution is 0.0746. The monoisotopic (exact) mass is 591 g/mol. The van der Waals surface area contributed by atoms with Crippen molar-refractivity contribution in [2.75, 3.05) is 58.4 Å². The number of anilines is 1. The highest BCUT2D eigenvalue weighted by molar-refractivity contribution is 5.94. The number of ether oxygens (including phenoxy) is 2. The van der Waals surface area contributed by atoms with Crippen LogP contribution in [0.1, 0.15) is 39.9 Å². The second-order valence-electron chi connectivity index (χ2n) is 11.8. The number of nitrogens with zero attached hydrogens (tertiary/aromatic N) is 3. The van der Waals surface area contributed by atoms with Gasteiger partial charge in [-0.25, -0.2) is 0 Å². The second-order valence-corrected chi connectivity index (χ2v) is 11.8. The third kappa shape index (κ3) is 6.24. The van der Waals surface area contributed by atoms with Crippen LogP contribution in [0.15, 0.2) is 97.1 Å². The molecule has 7 heteroatoms. The molecule has 2 heterocycles. The molecule has 228 valence electrons. The Morgan fingerprint density at radius 1 is 0.727 bits per heavy atom. The number of rotatable bonds is 8. The molecule has 2 saturated heterocycles. The van der Waals surface area contributed by atoms with Crippen molar-refractivity contribution < 1.29 is 19.4 Å². The lowest BCUT2D eigenvalue weighted by Gasteiger charge is -2.44. The van der Waals surface area contributed by atoms with E-state index in [0.717, 1.165) is 68.3 Å². The smallest absolute Gasteiger partial charge is 0.253 e. The average Bonchev–Trinajstić information content (AvgIpc) is 3.09. The molecule has 4 aromatic rings. The Kier molecular flexibility index (Phi) is 8.75. The van der Waals surface area contributed by atoms with Crippen molar-refractivity contribution >= 4 is 11.6 Å². The van der Waals surface area contributed by atoms with E-state index in [4.69, 9.17) is 9.47 Å². The summed E-state index contributed by atoms with van der Waals surface area (Å²) in [6.45, 7) is 5.65. The van der Waals surface area contributed by atoms with Crippen LogP contribution in [0, 0.1) is 0 Å². The summed E-state index contributed by atoms with van der Waals surface area (Å²) in [4.78, 5) is 20.1. The molecule has 0 aromatic heterocycles. The van der Waals surface area contributed by atoms with Crippen LogP contribution < -0.4 is 14.4 Å². The number of benzene rings is 4. The number of carbonyl (C=O) groups excluding carboxylic acids is 1. The third-order valence-corrected chi connectivity index (χ3v) is 9.25. The standard InChI is InChI=1S/C37H41N3O4/c1-43-34-16-8-30(9-17-34)37(31-10-18-35(44-2)19-11-31)20-3-21-38(27-37)26-28-4-6-29(7-5-28)36(42)40-24-22-39(23-25-40)32-12-14-33(41)15-13-32/h4-19,41H,3,20-27H2,1-2H3. The van der Waals surface area contributed by atoms with Crippen molar-refractivity contribution in [1.82, 2.24) is 9.80 Å². The highest BCUT2D eigenvalue weighted by atomic mass is 16.5. The Hall–Kier alpha value is -4.49. The minimum Gasteiger partial charge on any atom is -0.508 e. The fourth-order valence-electron chi connectivity index (χ4n) is 6.76. The molecule has 0 bridgehead atoms. The number of methoxy groups -OCH3 is 2. The molecule has 0 radical (unpaired) electrons. The van der Waals surface area contributed by atoms with Gasteiger partial charge in [-0.2, -0.15) is 0 Å². The van der Waals surface area contributed by atoms with E-state index in [1.165, 1.54) is 16.7 Å². The Bertz CT molecular complexity index is 1480. The Morgan fingerprint density at radius 2 is 1.30 bits per heavy atom. The quantitative estimate of drug-likeness (QED) is 0.273. The predicted octanol–water partition coefficient (Wildman–Crippen LogP) is 5.95. The molecule has 0 saturated carbocycles. The van der Waals surface area contributed by atoms with E-state index >= 15 is 0 Å². The number of hydrogen-bond donors (Lipinski definition) is 1. The van der Waals surface area contributed by atoms with E-state index in [-0.39, 0.29) is 17.1 Å². The molecular weight excluding hydrogens is 550 g/mol. The number of phenols is 1. The van der Waals surface area contributed by atoms with Crippen LogP contribution in [-0.4, -0.2) is 74.3 Å². The summed E-state index contributed by atoms with van der Waals surface area (Å²) in [5, 5.41) is 9.58. The summed E-state index contributed by atoms with van der Waals surface area (Å²) < 4.78 is 10.9. The number of amides is 1. The Balaban J connectivity index is 1.13. The molecule has 1 N–H and O–H groups in total. The maximum absolute atomic E-state index is 13.3. The number of carbonyl (C=O) groups is 1. The molecule has 2 aliphatic heterocycles. The maximum atomic E-state index is 13.3. The van der Waals surface area contributed by atoms with Crippen LogP contribution in [0.3, 0.4) is 0 Å². The number of piperidine rings is 1. The molecule has 44 heavy (non-hydrogen) atoms. The molecule has 1 amide bonds. The first-order valence-electron chi connectivity index (χ1n) is 15.4. The normalized spacial score (nSPS) is 16.9. The summed E-state index contributed by atoms with van der Waals surface area (Å²) in [6.07, 6.45) is 2.15. The molecular formula is C37H41N3O4. The largest absolute Gasteiger partial charge is 0.508 e. The summed E-state index contributed by atoms with van der Waals surface area (Å²) in [5.41, 5.74) is 5.45. The van der Waals surface area contributed by atoms with E-state index in [1.54, 1.807) is 26.4 Å². The molecule has 0 unspecified atom stereocenters. The van der Waals surface area contributed by atoms with Gasteiger partial charge in [-0.05, 0) is 96.7 Å². The fraction of sp³-hybridized carbons (Fsp3) is 0.324. The summed E-state index contributed by atoms with van der Waals surface area (Å²) in [6, 6.07) is 32.5. The van der Waals surface area contributed by atoms with Crippen molar-refractivity contribution in [2.45, 2.75) is 24.8 Å². The molecule has 4 aromatic carbocycles. The number of hydrogen-bond acceptors (Lipinski definition) is 6. The highest BCUT2D eigenvalue weighted by Crippen LogP contribution is 2.42. The minimum absolute atomic E-state index is 0.0814. The van der Waals surface area contributed by atoms with Crippen molar-refractivity contribution in [3.63, 3.8) is 0 Å². The van der Waals surface area contributed by atoms with Gasteiger partial charge in [-0.3, -0.25) is 9.69 Å².